The summed E-state index contributed by atoms with van der Waals surface area (Å²) in [6.07, 6.45) is 0. The first-order valence-corrected chi connectivity index (χ1v) is 2.61. The number of hydrogen-bond acceptors (Lipinski definition) is 3. The van der Waals surface area contributed by atoms with Crippen molar-refractivity contribution >= 4 is 5.69 Å². The largest absolute Gasteiger partial charge is 2.00 e. The minimum absolute atomic E-state index is 0. The summed E-state index contributed by atoms with van der Waals surface area (Å²) in [6.45, 7) is 0. The van der Waals surface area contributed by atoms with Crippen molar-refractivity contribution in [3.63, 3.8) is 0 Å². The van der Waals surface area contributed by atoms with Crippen molar-refractivity contribution in [2.24, 2.45) is 5.11 Å². The SMILES string of the molecule is [CH3-].[N-]=Nc1ccc(O)cc1O.[V+2]. The molecule has 12 heavy (non-hydrogen) atoms. The zero-order chi connectivity index (χ0) is 7.56. The first-order valence-electron chi connectivity index (χ1n) is 2.61. The molecule has 0 saturated carbocycles. The van der Waals surface area contributed by atoms with Crippen LogP contribution in [0, 0.1) is 7.43 Å². The molecule has 0 fully saturated rings. The van der Waals surface area contributed by atoms with E-state index in [0.717, 1.165) is 6.07 Å². The van der Waals surface area contributed by atoms with E-state index in [2.05, 4.69) is 5.11 Å². The van der Waals surface area contributed by atoms with E-state index in [0.29, 0.717) is 0 Å². The Morgan fingerprint density at radius 2 is 1.83 bits per heavy atom. The molecular formula is C7H8N2O2V. The number of hydrogen-bond donors (Lipinski definition) is 2. The maximum atomic E-state index is 8.88. The van der Waals surface area contributed by atoms with Crippen molar-refractivity contribution < 1.29 is 28.8 Å². The van der Waals surface area contributed by atoms with E-state index < -0.39 is 0 Å². The summed E-state index contributed by atoms with van der Waals surface area (Å²) >= 11 is 0. The monoisotopic (exact) mass is 203 g/mol. The first kappa shape index (κ1) is 13.6. The predicted octanol–water partition coefficient (Wildman–Crippen LogP) is 2.20. The van der Waals surface area contributed by atoms with Gasteiger partial charge in [-0.1, -0.05) is 0 Å². The van der Waals surface area contributed by atoms with Crippen molar-refractivity contribution in [3.05, 3.63) is 31.2 Å². The number of phenolic OH excluding ortho intramolecular Hbond substituents is 2. The van der Waals surface area contributed by atoms with Crippen LogP contribution >= 0.6 is 0 Å². The van der Waals surface area contributed by atoms with Gasteiger partial charge < -0.3 is 28.3 Å². The molecule has 0 aliphatic rings. The summed E-state index contributed by atoms with van der Waals surface area (Å²) in [5, 5.41) is 20.4. The van der Waals surface area contributed by atoms with Gasteiger partial charge in [0.15, 0.2) is 0 Å². The Morgan fingerprint density at radius 1 is 1.25 bits per heavy atom. The fourth-order valence-corrected chi connectivity index (χ4v) is 0.596. The number of nitrogens with zero attached hydrogens (tertiary/aromatic N) is 2. The maximum absolute atomic E-state index is 8.88. The van der Waals surface area contributed by atoms with E-state index in [9.17, 15) is 0 Å². The van der Waals surface area contributed by atoms with E-state index >= 15 is 0 Å². The van der Waals surface area contributed by atoms with Gasteiger partial charge in [0.2, 0.25) is 0 Å². The second kappa shape index (κ2) is 5.63. The Labute approximate surface area is 82.6 Å². The fraction of sp³-hybridized carbons (Fsp3) is 0. The van der Waals surface area contributed by atoms with Crippen LogP contribution in [0.3, 0.4) is 0 Å². The summed E-state index contributed by atoms with van der Waals surface area (Å²) in [4.78, 5) is 0. The summed E-state index contributed by atoms with van der Waals surface area (Å²) in [5.74, 6) is -0.313. The average molecular weight is 203 g/mol. The molecule has 1 radical (unpaired) electrons. The van der Waals surface area contributed by atoms with Gasteiger partial charge in [0, 0.05) is 6.07 Å². The molecule has 0 unspecified atom stereocenters. The number of aromatic hydroxyl groups is 2. The number of benzene rings is 1. The van der Waals surface area contributed by atoms with Crippen molar-refractivity contribution in [2.45, 2.75) is 0 Å². The van der Waals surface area contributed by atoms with Gasteiger partial charge in [-0.25, -0.2) is 0 Å². The molecule has 63 valence electrons. The second-order valence-corrected chi connectivity index (χ2v) is 1.77. The Hall–Kier alpha value is -0.996. The van der Waals surface area contributed by atoms with Gasteiger partial charge in [-0.05, 0) is 12.1 Å². The molecule has 0 aliphatic heterocycles. The number of phenols is 2. The zero-order valence-electron chi connectivity index (χ0n) is 6.47. The zero-order valence-corrected chi connectivity index (χ0v) is 7.86. The summed E-state index contributed by atoms with van der Waals surface area (Å²) < 4.78 is 0. The van der Waals surface area contributed by atoms with Crippen LogP contribution in [0.15, 0.2) is 23.3 Å². The first-order chi connectivity index (χ1) is 4.74. The molecule has 0 aromatic heterocycles. The Bertz CT molecular complexity index is 266. The summed E-state index contributed by atoms with van der Waals surface area (Å²) in [5.41, 5.74) is 8.23. The molecule has 1 aromatic carbocycles. The van der Waals surface area contributed by atoms with E-state index in [4.69, 9.17) is 15.7 Å². The van der Waals surface area contributed by atoms with Gasteiger partial charge >= 0.3 is 18.6 Å². The van der Waals surface area contributed by atoms with Gasteiger partial charge in [0.1, 0.15) is 11.5 Å². The average Bonchev–Trinajstić information content (AvgIpc) is 1.88. The van der Waals surface area contributed by atoms with Crippen LogP contribution in [0.1, 0.15) is 0 Å². The molecule has 0 bridgehead atoms. The summed E-state index contributed by atoms with van der Waals surface area (Å²) in [7, 11) is 0. The van der Waals surface area contributed by atoms with Crippen LogP contribution in [0.5, 0.6) is 11.5 Å². The van der Waals surface area contributed by atoms with Crippen molar-refractivity contribution in [2.75, 3.05) is 0 Å². The Kier molecular flexibility index (Phi) is 6.37. The topological polar surface area (TPSA) is 75.1 Å². The number of rotatable bonds is 1. The second-order valence-electron chi connectivity index (χ2n) is 1.77. The smallest absolute Gasteiger partial charge is 0.706 e. The van der Waals surface area contributed by atoms with Crippen molar-refractivity contribution in [1.29, 1.82) is 0 Å². The molecule has 0 saturated heterocycles. The van der Waals surface area contributed by atoms with Crippen molar-refractivity contribution in [1.82, 2.24) is 0 Å². The Morgan fingerprint density at radius 3 is 2.25 bits per heavy atom. The fourth-order valence-electron chi connectivity index (χ4n) is 0.596. The van der Waals surface area contributed by atoms with Crippen LogP contribution < -0.4 is 0 Å². The molecule has 1 rings (SSSR count). The van der Waals surface area contributed by atoms with Gasteiger partial charge in [0.05, 0.1) is 5.69 Å². The molecule has 0 spiro atoms. The third-order valence-electron chi connectivity index (χ3n) is 1.07. The summed E-state index contributed by atoms with van der Waals surface area (Å²) in [6, 6.07) is 3.70. The van der Waals surface area contributed by atoms with Crippen LogP contribution in [0.2, 0.25) is 0 Å². The third-order valence-corrected chi connectivity index (χ3v) is 1.07. The van der Waals surface area contributed by atoms with E-state index in [-0.39, 0.29) is 43.2 Å². The molecular weight excluding hydrogens is 195 g/mol. The molecule has 0 atom stereocenters. The van der Waals surface area contributed by atoms with Crippen LogP contribution in [0.4, 0.5) is 5.69 Å². The minimum Gasteiger partial charge on any atom is -0.706 e. The molecule has 0 aliphatic carbocycles. The predicted molar refractivity (Wildman–Crippen MR) is 41.6 cm³/mol. The van der Waals surface area contributed by atoms with Gasteiger partial charge in [-0.3, -0.25) is 0 Å². The standard InChI is InChI=1S/C6H5N2O2.CH3.V/c7-8-5-2-1-4(9)3-6(5)10;;/h1-3,9-10H;1H3;/q2*-1;+2. The van der Waals surface area contributed by atoms with E-state index in [1.807, 2.05) is 0 Å². The van der Waals surface area contributed by atoms with Gasteiger partial charge in [0.25, 0.3) is 0 Å². The quantitative estimate of drug-likeness (QED) is 0.542. The molecule has 0 amide bonds. The van der Waals surface area contributed by atoms with Crippen LogP contribution in [-0.4, -0.2) is 10.2 Å². The molecule has 2 N–H and O–H groups in total. The van der Waals surface area contributed by atoms with E-state index in [1.54, 1.807) is 0 Å². The Balaban J connectivity index is 0. The van der Waals surface area contributed by atoms with Gasteiger partial charge in [-0.2, -0.15) is 0 Å². The van der Waals surface area contributed by atoms with E-state index in [1.165, 1.54) is 12.1 Å². The normalized spacial score (nSPS) is 7.67. The maximum Gasteiger partial charge on any atom is 2.00 e. The third kappa shape index (κ3) is 2.94. The molecule has 1 aromatic rings. The van der Waals surface area contributed by atoms with Gasteiger partial charge in [-0.15, -0.1) is 0 Å². The minimum atomic E-state index is -0.248. The molecule has 4 nitrogen and oxygen atoms in total. The van der Waals surface area contributed by atoms with Crippen molar-refractivity contribution in [3.8, 4) is 11.5 Å². The van der Waals surface area contributed by atoms with Crippen LogP contribution in [-0.2, 0) is 18.6 Å². The molecule has 5 heteroatoms. The molecule has 0 heterocycles. The van der Waals surface area contributed by atoms with Crippen LogP contribution in [0.25, 0.3) is 5.53 Å².